The van der Waals surface area contributed by atoms with Crippen molar-refractivity contribution in [1.82, 2.24) is 5.32 Å². The first-order chi connectivity index (χ1) is 13.2. The zero-order valence-corrected chi connectivity index (χ0v) is 17.4. The molecular formula is C22H27NO2S2. The normalized spacial score (nSPS) is 11.6. The van der Waals surface area contributed by atoms with E-state index in [9.17, 15) is 4.79 Å². The summed E-state index contributed by atoms with van der Waals surface area (Å²) in [5.41, 5.74) is 2.52. The smallest absolute Gasteiger partial charge is 0.261 e. The minimum absolute atomic E-state index is 0.0814. The van der Waals surface area contributed by atoms with Crippen LogP contribution in [0.5, 0.6) is 0 Å². The van der Waals surface area contributed by atoms with Crippen LogP contribution in [0.3, 0.4) is 0 Å². The summed E-state index contributed by atoms with van der Waals surface area (Å²) in [6.45, 7) is 0.656. The summed E-state index contributed by atoms with van der Waals surface area (Å²) in [5.74, 6) is -0.0814. The molecule has 5 heteroatoms. The van der Waals surface area contributed by atoms with E-state index in [1.807, 2.05) is 30.5 Å². The van der Waals surface area contributed by atoms with Gasteiger partial charge < -0.3 is 10.1 Å². The predicted molar refractivity (Wildman–Crippen MR) is 118 cm³/mol. The molecule has 1 unspecified atom stereocenters. The van der Waals surface area contributed by atoms with Crippen molar-refractivity contribution in [3.05, 3.63) is 71.8 Å². The van der Waals surface area contributed by atoms with Crippen molar-refractivity contribution in [2.45, 2.75) is 38.2 Å². The number of ether oxygens (including phenoxy) is 1. The van der Waals surface area contributed by atoms with Gasteiger partial charge in [-0.2, -0.15) is 0 Å². The van der Waals surface area contributed by atoms with Crippen molar-refractivity contribution in [3.63, 3.8) is 0 Å². The molecule has 2 aromatic carbocycles. The summed E-state index contributed by atoms with van der Waals surface area (Å²) in [5, 5.41) is 3.00. The third-order valence-corrected chi connectivity index (χ3v) is 5.30. The summed E-state index contributed by atoms with van der Waals surface area (Å²) in [4.78, 5) is 12.5. The van der Waals surface area contributed by atoms with Crippen LogP contribution in [0.4, 0.5) is 0 Å². The van der Waals surface area contributed by atoms with Crippen molar-refractivity contribution in [2.24, 2.45) is 0 Å². The van der Waals surface area contributed by atoms with Gasteiger partial charge in [-0.1, -0.05) is 72.4 Å². The number of carbonyl (C=O) groups is 1. The van der Waals surface area contributed by atoms with Gasteiger partial charge in [0.25, 0.3) is 5.91 Å². The molecule has 0 aliphatic heterocycles. The van der Waals surface area contributed by atoms with Crippen LogP contribution < -0.4 is 5.32 Å². The van der Waals surface area contributed by atoms with Gasteiger partial charge in [0.05, 0.1) is 0 Å². The molecule has 0 radical (unpaired) electrons. The van der Waals surface area contributed by atoms with E-state index in [4.69, 9.17) is 17.0 Å². The Morgan fingerprint density at radius 1 is 1.00 bits per heavy atom. The largest absolute Gasteiger partial charge is 0.465 e. The Balaban J connectivity index is 1.75. The number of hydrogen-bond acceptors (Lipinski definition) is 4. The second kappa shape index (κ2) is 12.5. The van der Waals surface area contributed by atoms with Gasteiger partial charge in [-0.3, -0.25) is 4.79 Å². The van der Waals surface area contributed by atoms with Crippen LogP contribution in [0.2, 0.25) is 0 Å². The lowest BCUT2D eigenvalue weighted by atomic mass is 10.1. The highest BCUT2D eigenvalue weighted by Crippen LogP contribution is 2.12. The SMILES string of the molecule is CSC(=S)OC(CCc1ccccc1)C(=O)NCCCCc1ccccc1. The fraction of sp³-hybridized carbons (Fsp3) is 0.364. The maximum absolute atomic E-state index is 12.5. The Kier molecular flexibility index (Phi) is 9.95. The topological polar surface area (TPSA) is 38.3 Å². The molecule has 0 spiro atoms. The minimum atomic E-state index is -0.542. The van der Waals surface area contributed by atoms with Crippen LogP contribution in [0.15, 0.2) is 60.7 Å². The standard InChI is InChI=1S/C22H27NO2S2/c1-27-22(26)25-20(16-15-19-12-6-3-7-13-19)21(24)23-17-9-8-14-18-10-4-2-5-11-18/h2-7,10-13,20H,8-9,14-17H2,1H3,(H,23,24). The first-order valence-corrected chi connectivity index (χ1v) is 10.9. The fourth-order valence-corrected chi connectivity index (χ4v) is 3.10. The predicted octanol–water partition coefficient (Wildman–Crippen LogP) is 4.79. The van der Waals surface area contributed by atoms with Crippen molar-refractivity contribution in [3.8, 4) is 0 Å². The molecule has 3 nitrogen and oxygen atoms in total. The molecule has 1 N–H and O–H groups in total. The molecule has 144 valence electrons. The third kappa shape index (κ3) is 8.59. The molecule has 0 saturated carbocycles. The molecular weight excluding hydrogens is 374 g/mol. The van der Waals surface area contributed by atoms with Gasteiger partial charge in [0, 0.05) is 6.54 Å². The Labute approximate surface area is 171 Å². The maximum atomic E-state index is 12.5. The summed E-state index contributed by atoms with van der Waals surface area (Å²) in [6.07, 6.45) is 5.73. The van der Waals surface area contributed by atoms with Crippen LogP contribution in [-0.4, -0.2) is 29.2 Å². The highest BCUT2D eigenvalue weighted by atomic mass is 32.2. The molecule has 0 bridgehead atoms. The number of aryl methyl sites for hydroxylation is 2. The molecule has 1 atom stereocenters. The van der Waals surface area contributed by atoms with E-state index in [2.05, 4.69) is 41.7 Å². The van der Waals surface area contributed by atoms with Crippen molar-refractivity contribution in [2.75, 3.05) is 12.8 Å². The maximum Gasteiger partial charge on any atom is 0.261 e. The molecule has 0 fully saturated rings. The summed E-state index contributed by atoms with van der Waals surface area (Å²) < 4.78 is 6.10. The third-order valence-electron chi connectivity index (χ3n) is 4.27. The molecule has 27 heavy (non-hydrogen) atoms. The number of unbranched alkanes of at least 4 members (excludes halogenated alkanes) is 1. The first-order valence-electron chi connectivity index (χ1n) is 9.29. The van der Waals surface area contributed by atoms with Crippen molar-refractivity contribution in [1.29, 1.82) is 0 Å². The summed E-state index contributed by atoms with van der Waals surface area (Å²) in [7, 11) is 0. The quantitative estimate of drug-likeness (QED) is 0.459. The Bertz CT molecular complexity index is 692. The zero-order valence-electron chi connectivity index (χ0n) is 15.7. The zero-order chi connectivity index (χ0) is 19.3. The van der Waals surface area contributed by atoms with Crippen molar-refractivity contribution < 1.29 is 9.53 Å². The summed E-state index contributed by atoms with van der Waals surface area (Å²) >= 11 is 6.50. The first kappa shape index (κ1) is 21.5. The number of thioether (sulfide) groups is 1. The van der Waals surface area contributed by atoms with Gasteiger partial charge in [0.2, 0.25) is 4.38 Å². The molecule has 1 amide bonds. The van der Waals surface area contributed by atoms with Gasteiger partial charge in [-0.05, 0) is 61.7 Å². The van der Waals surface area contributed by atoms with E-state index in [0.717, 1.165) is 25.7 Å². The fourth-order valence-electron chi connectivity index (χ4n) is 2.77. The molecule has 2 rings (SSSR count). The van der Waals surface area contributed by atoms with E-state index in [-0.39, 0.29) is 5.91 Å². The lowest BCUT2D eigenvalue weighted by molar-refractivity contribution is -0.128. The highest BCUT2D eigenvalue weighted by Gasteiger charge is 2.21. The lowest BCUT2D eigenvalue weighted by Gasteiger charge is -2.18. The molecule has 0 aliphatic rings. The Morgan fingerprint density at radius 2 is 1.59 bits per heavy atom. The van der Waals surface area contributed by atoms with Crippen LogP contribution >= 0.6 is 24.0 Å². The molecule has 2 aromatic rings. The van der Waals surface area contributed by atoms with Crippen LogP contribution in [0.1, 0.15) is 30.4 Å². The van der Waals surface area contributed by atoms with E-state index >= 15 is 0 Å². The number of amides is 1. The van der Waals surface area contributed by atoms with Crippen molar-refractivity contribution >= 4 is 34.3 Å². The minimum Gasteiger partial charge on any atom is -0.465 e. The molecule has 0 saturated heterocycles. The molecule has 0 aliphatic carbocycles. The molecule has 0 aromatic heterocycles. The van der Waals surface area contributed by atoms with Crippen LogP contribution in [-0.2, 0) is 22.4 Å². The van der Waals surface area contributed by atoms with Gasteiger partial charge in [0.1, 0.15) is 0 Å². The van der Waals surface area contributed by atoms with Gasteiger partial charge >= 0.3 is 0 Å². The second-order valence-corrected chi connectivity index (χ2v) is 7.73. The number of thiocarbonyl (C=S) groups is 1. The number of benzene rings is 2. The highest BCUT2D eigenvalue weighted by molar-refractivity contribution is 8.22. The van der Waals surface area contributed by atoms with Crippen LogP contribution in [0, 0.1) is 0 Å². The lowest BCUT2D eigenvalue weighted by Crippen LogP contribution is -2.38. The number of nitrogens with one attached hydrogen (secondary N) is 1. The number of rotatable bonds is 10. The van der Waals surface area contributed by atoms with Gasteiger partial charge in [-0.25, -0.2) is 0 Å². The van der Waals surface area contributed by atoms with Crippen LogP contribution in [0.25, 0.3) is 0 Å². The van der Waals surface area contributed by atoms with E-state index in [0.29, 0.717) is 17.3 Å². The Morgan fingerprint density at radius 3 is 2.19 bits per heavy atom. The van der Waals surface area contributed by atoms with E-state index < -0.39 is 6.10 Å². The monoisotopic (exact) mass is 401 g/mol. The second-order valence-electron chi connectivity index (χ2n) is 6.32. The average molecular weight is 402 g/mol. The van der Waals surface area contributed by atoms with E-state index in [1.165, 1.54) is 22.9 Å². The van der Waals surface area contributed by atoms with Gasteiger partial charge in [-0.15, -0.1) is 0 Å². The number of hydrogen-bond donors (Lipinski definition) is 1. The molecule has 0 heterocycles. The number of carbonyl (C=O) groups excluding carboxylic acids is 1. The average Bonchev–Trinajstić information content (AvgIpc) is 2.72. The van der Waals surface area contributed by atoms with E-state index in [1.54, 1.807) is 0 Å². The summed E-state index contributed by atoms with van der Waals surface area (Å²) in [6, 6.07) is 20.5. The Hall–Kier alpha value is -1.85. The van der Waals surface area contributed by atoms with Gasteiger partial charge in [0.15, 0.2) is 6.10 Å².